The van der Waals surface area contributed by atoms with E-state index in [2.05, 4.69) is 20.8 Å². The summed E-state index contributed by atoms with van der Waals surface area (Å²) in [6.07, 6.45) is 0.836. The molecule has 0 aliphatic heterocycles. The summed E-state index contributed by atoms with van der Waals surface area (Å²) in [5.74, 6) is 0.479. The number of aliphatic hydroxyl groups is 2. The van der Waals surface area contributed by atoms with Crippen LogP contribution in [0.15, 0.2) is 0 Å². The summed E-state index contributed by atoms with van der Waals surface area (Å²) < 4.78 is 0. The van der Waals surface area contributed by atoms with Gasteiger partial charge in [-0.15, -0.1) is 0 Å². The Morgan fingerprint density at radius 3 is 2.17 bits per heavy atom. The van der Waals surface area contributed by atoms with Gasteiger partial charge in [-0.1, -0.05) is 20.8 Å². The first-order chi connectivity index (χ1) is 5.26. The van der Waals surface area contributed by atoms with Crippen molar-refractivity contribution in [3.05, 3.63) is 0 Å². The van der Waals surface area contributed by atoms with Crippen LogP contribution in [0.5, 0.6) is 0 Å². The number of rotatable bonds is 0. The van der Waals surface area contributed by atoms with Crippen molar-refractivity contribution in [2.75, 3.05) is 0 Å². The molecule has 2 nitrogen and oxygen atoms in total. The Labute approximate surface area is 74.6 Å². The van der Waals surface area contributed by atoms with E-state index in [0.29, 0.717) is 18.8 Å². The minimum atomic E-state index is -0.893. The lowest BCUT2D eigenvalue weighted by molar-refractivity contribution is -0.134. The minimum Gasteiger partial charge on any atom is -0.390 e. The van der Waals surface area contributed by atoms with Crippen LogP contribution in [0.1, 0.15) is 40.5 Å². The van der Waals surface area contributed by atoms with Crippen molar-refractivity contribution in [3.63, 3.8) is 0 Å². The molecule has 1 fully saturated rings. The molecule has 0 spiro atoms. The second-order valence-electron chi connectivity index (χ2n) is 5.18. The number of aliphatic hydroxyl groups excluding tert-OH is 1. The van der Waals surface area contributed by atoms with E-state index in [4.69, 9.17) is 0 Å². The fourth-order valence-electron chi connectivity index (χ4n) is 2.12. The number of hydrogen-bond acceptors (Lipinski definition) is 2. The molecule has 0 radical (unpaired) electrons. The Balaban J connectivity index is 2.78. The third-order valence-corrected chi connectivity index (χ3v) is 3.44. The topological polar surface area (TPSA) is 40.5 Å². The van der Waals surface area contributed by atoms with Crippen LogP contribution in [0.2, 0.25) is 0 Å². The van der Waals surface area contributed by atoms with E-state index in [0.717, 1.165) is 0 Å². The maximum Gasteiger partial charge on any atom is 0.0882 e. The number of hydrogen-bond donors (Lipinski definition) is 2. The molecule has 0 saturated heterocycles. The summed E-state index contributed by atoms with van der Waals surface area (Å²) in [7, 11) is 0. The Hall–Kier alpha value is -0.0800. The van der Waals surface area contributed by atoms with E-state index < -0.39 is 11.7 Å². The summed E-state index contributed by atoms with van der Waals surface area (Å²) in [5, 5.41) is 19.4. The summed E-state index contributed by atoms with van der Waals surface area (Å²) in [6, 6.07) is 0. The molecule has 2 heteroatoms. The molecule has 2 unspecified atom stereocenters. The van der Waals surface area contributed by atoms with Crippen molar-refractivity contribution in [2.45, 2.75) is 52.2 Å². The van der Waals surface area contributed by atoms with E-state index in [9.17, 15) is 10.2 Å². The second kappa shape index (κ2) is 2.71. The molecule has 0 aromatic carbocycles. The van der Waals surface area contributed by atoms with Crippen molar-refractivity contribution in [1.29, 1.82) is 0 Å². The molecule has 0 aromatic heterocycles. The highest BCUT2D eigenvalue weighted by molar-refractivity contribution is 4.96. The first-order valence-electron chi connectivity index (χ1n) is 4.66. The Bertz CT molecular complexity index is 155. The SMILES string of the molecule is C[C@H]1CC(O)C(C)(O)CC1(C)C. The first kappa shape index (κ1) is 10.0. The largest absolute Gasteiger partial charge is 0.390 e. The normalized spacial score (nSPS) is 47.5. The van der Waals surface area contributed by atoms with Gasteiger partial charge in [-0.25, -0.2) is 0 Å². The lowest BCUT2D eigenvalue weighted by atomic mass is 9.63. The summed E-state index contributed by atoms with van der Waals surface area (Å²) in [4.78, 5) is 0. The van der Waals surface area contributed by atoms with Crippen LogP contribution in [-0.2, 0) is 0 Å². The van der Waals surface area contributed by atoms with Crippen molar-refractivity contribution in [2.24, 2.45) is 11.3 Å². The zero-order valence-electron chi connectivity index (χ0n) is 8.46. The monoisotopic (exact) mass is 172 g/mol. The van der Waals surface area contributed by atoms with E-state index in [-0.39, 0.29) is 5.41 Å². The fourth-order valence-corrected chi connectivity index (χ4v) is 2.12. The quantitative estimate of drug-likeness (QED) is 0.582. The van der Waals surface area contributed by atoms with Gasteiger partial charge in [-0.3, -0.25) is 0 Å². The van der Waals surface area contributed by atoms with Crippen LogP contribution in [0, 0.1) is 11.3 Å². The van der Waals surface area contributed by atoms with Gasteiger partial charge in [0.25, 0.3) is 0 Å². The second-order valence-corrected chi connectivity index (χ2v) is 5.18. The molecule has 3 atom stereocenters. The maximum atomic E-state index is 9.85. The van der Waals surface area contributed by atoms with Crippen molar-refractivity contribution >= 4 is 0 Å². The van der Waals surface area contributed by atoms with E-state index in [1.165, 1.54) is 0 Å². The van der Waals surface area contributed by atoms with Gasteiger partial charge in [0.15, 0.2) is 0 Å². The smallest absolute Gasteiger partial charge is 0.0882 e. The van der Waals surface area contributed by atoms with Gasteiger partial charge in [0.2, 0.25) is 0 Å². The van der Waals surface area contributed by atoms with Gasteiger partial charge in [-0.05, 0) is 31.1 Å². The molecule has 1 rings (SSSR count). The van der Waals surface area contributed by atoms with Crippen molar-refractivity contribution in [1.82, 2.24) is 0 Å². The lowest BCUT2D eigenvalue weighted by Crippen LogP contribution is -2.50. The van der Waals surface area contributed by atoms with Crippen LogP contribution in [0.4, 0.5) is 0 Å². The molecule has 1 saturated carbocycles. The van der Waals surface area contributed by atoms with E-state index in [1.807, 2.05) is 0 Å². The Morgan fingerprint density at radius 1 is 1.25 bits per heavy atom. The van der Waals surface area contributed by atoms with Gasteiger partial charge in [0.1, 0.15) is 0 Å². The fraction of sp³-hybridized carbons (Fsp3) is 1.00. The van der Waals surface area contributed by atoms with Crippen LogP contribution in [0.3, 0.4) is 0 Å². The minimum absolute atomic E-state index is 0.142. The summed E-state index contributed by atoms with van der Waals surface area (Å²) in [5.41, 5.74) is -0.751. The zero-order chi connectivity index (χ0) is 9.57. The van der Waals surface area contributed by atoms with Gasteiger partial charge in [0, 0.05) is 0 Å². The zero-order valence-corrected chi connectivity index (χ0v) is 8.46. The molecule has 1 aliphatic carbocycles. The van der Waals surface area contributed by atoms with Gasteiger partial charge >= 0.3 is 0 Å². The van der Waals surface area contributed by atoms with Crippen LogP contribution >= 0.6 is 0 Å². The highest BCUT2D eigenvalue weighted by Crippen LogP contribution is 2.44. The van der Waals surface area contributed by atoms with Gasteiger partial charge in [0.05, 0.1) is 11.7 Å². The first-order valence-corrected chi connectivity index (χ1v) is 4.66. The molecule has 72 valence electrons. The summed E-state index contributed by atoms with van der Waals surface area (Å²) >= 11 is 0. The molecule has 0 aromatic rings. The highest BCUT2D eigenvalue weighted by Gasteiger charge is 2.45. The molecule has 1 aliphatic rings. The lowest BCUT2D eigenvalue weighted by Gasteiger charge is -2.47. The summed E-state index contributed by atoms with van der Waals surface area (Å²) in [6.45, 7) is 8.17. The maximum absolute atomic E-state index is 9.85. The average Bonchev–Trinajstić information content (AvgIpc) is 1.82. The predicted molar refractivity (Wildman–Crippen MR) is 48.8 cm³/mol. The average molecular weight is 172 g/mol. The molecular weight excluding hydrogens is 152 g/mol. The molecule has 12 heavy (non-hydrogen) atoms. The highest BCUT2D eigenvalue weighted by atomic mass is 16.3. The predicted octanol–water partition coefficient (Wildman–Crippen LogP) is 1.55. The molecule has 0 amide bonds. The van der Waals surface area contributed by atoms with Crippen molar-refractivity contribution in [3.8, 4) is 0 Å². The standard InChI is InChI=1S/C10H20O2/c1-7-5-8(11)10(4,12)6-9(7,2)3/h7-8,11-12H,5-6H2,1-4H3/t7-,8?,10?/m0/s1. The van der Waals surface area contributed by atoms with Crippen LogP contribution in [0.25, 0.3) is 0 Å². The van der Waals surface area contributed by atoms with Crippen LogP contribution < -0.4 is 0 Å². The third kappa shape index (κ3) is 1.64. The van der Waals surface area contributed by atoms with E-state index in [1.54, 1.807) is 6.92 Å². The Morgan fingerprint density at radius 2 is 1.75 bits per heavy atom. The molecular formula is C10H20O2. The van der Waals surface area contributed by atoms with Crippen LogP contribution in [-0.4, -0.2) is 21.9 Å². The third-order valence-electron chi connectivity index (χ3n) is 3.44. The molecule has 0 heterocycles. The van der Waals surface area contributed by atoms with Crippen molar-refractivity contribution < 1.29 is 10.2 Å². The van der Waals surface area contributed by atoms with Gasteiger partial charge < -0.3 is 10.2 Å². The van der Waals surface area contributed by atoms with Gasteiger partial charge in [-0.2, -0.15) is 0 Å². The van der Waals surface area contributed by atoms with E-state index >= 15 is 0 Å². The molecule has 0 bridgehead atoms. The molecule has 2 N–H and O–H groups in total. The Kier molecular flexibility index (Phi) is 2.26.